The highest BCUT2D eigenvalue weighted by molar-refractivity contribution is 5.88. The molecule has 16 atom stereocenters. The summed E-state index contributed by atoms with van der Waals surface area (Å²) in [5.41, 5.74) is -1.83. The van der Waals surface area contributed by atoms with E-state index in [-0.39, 0.29) is 0 Å². The van der Waals surface area contributed by atoms with Gasteiger partial charge in [-0.2, -0.15) is 0 Å². The molecule has 3 fully saturated rings. The van der Waals surface area contributed by atoms with E-state index >= 15 is 0 Å². The molecule has 400 valence electrons. The van der Waals surface area contributed by atoms with Crippen LogP contribution in [-0.2, 0) is 70.3 Å². The average Bonchev–Trinajstić information content (AvgIpc) is 3.37. The van der Waals surface area contributed by atoms with Gasteiger partial charge in [-0.15, -0.1) is 0 Å². The third-order valence-corrected chi connectivity index (χ3v) is 13.0. The number of carbonyl (C=O) groups excluding carboxylic acids is 4. The minimum Gasteiger partial charge on any atom is -0.463 e. The van der Waals surface area contributed by atoms with Crippen LogP contribution in [0.1, 0.15) is 74.1 Å². The fourth-order valence-corrected chi connectivity index (χ4v) is 8.53. The van der Waals surface area contributed by atoms with Crippen molar-refractivity contribution in [3.05, 3.63) is 113 Å². The van der Waals surface area contributed by atoms with E-state index < -0.39 is 166 Å². The van der Waals surface area contributed by atoms with E-state index in [4.69, 9.17) is 37.9 Å². The second-order valence-corrected chi connectivity index (χ2v) is 19.1. The standard InChI is InChI=1S/C51H64O22/c1-26(54)66-25-34-39(59)47(72-35(55)19-14-27-8-6-5-7-9-27)44(64)48(71-34)73-51(50(2,3)4,49(65)68-24-29-12-17-31(18-13-29)46-43(63)41(61)38(58)33(22-53)70-46)20-36(56)67-23-28-10-15-30(16-11-28)45-42(62)40(60)37(57)32(21-52)69-45/h5-19,32-34,37-48,52-53,57-64H,20-25H2,1-4H3/b19-14-/t32-,33-,34-,37-,38-,39-,40+,41+,42-,43-,44-,45+,46+,47+,48+,51-/m1/s1. The SMILES string of the molecule is CC(=O)OC[C@H]1O[C@@H](O[C@](CC(=O)OCc2ccc([C@@H]3O[C@H](CO)[C@@H](O)[C@H](O)[C@H]3O)cc2)(C(=O)OCc2ccc([C@@H]3O[C@H](CO)[C@@H](O)[C@H](O)[C@H]3O)cc2)C(C)(C)C)[C@H](O)[C@@H](OC(=O)/C=C\c2ccccc2)[C@@H]1O. The molecule has 3 aromatic rings. The fraction of sp³-hybridized carbons (Fsp3) is 0.529. The lowest BCUT2D eigenvalue weighted by molar-refractivity contribution is -0.336. The molecule has 3 saturated heterocycles. The molecule has 3 aliphatic heterocycles. The number of aliphatic hydroxyl groups is 10. The quantitative estimate of drug-likeness (QED) is 0.0429. The van der Waals surface area contributed by atoms with Crippen LogP contribution in [-0.4, -0.2) is 180 Å². The number of carbonyl (C=O) groups is 4. The molecule has 3 aliphatic rings. The zero-order valence-corrected chi connectivity index (χ0v) is 40.4. The van der Waals surface area contributed by atoms with Crippen LogP contribution in [0.4, 0.5) is 0 Å². The molecule has 0 aliphatic carbocycles. The predicted molar refractivity (Wildman–Crippen MR) is 248 cm³/mol. The van der Waals surface area contributed by atoms with Crippen molar-refractivity contribution in [3.63, 3.8) is 0 Å². The van der Waals surface area contributed by atoms with Crippen LogP contribution in [0.2, 0.25) is 0 Å². The lowest BCUT2D eigenvalue weighted by Gasteiger charge is -2.48. The molecule has 0 radical (unpaired) electrons. The van der Waals surface area contributed by atoms with E-state index in [0.717, 1.165) is 13.0 Å². The number of hydrogen-bond donors (Lipinski definition) is 10. The van der Waals surface area contributed by atoms with Crippen molar-refractivity contribution in [3.8, 4) is 0 Å². The van der Waals surface area contributed by atoms with Gasteiger partial charge in [0.25, 0.3) is 0 Å². The first-order chi connectivity index (χ1) is 34.6. The van der Waals surface area contributed by atoms with Gasteiger partial charge < -0.3 is 89.0 Å². The van der Waals surface area contributed by atoms with Crippen LogP contribution in [0.25, 0.3) is 6.08 Å². The Hall–Kier alpha value is -5.28. The van der Waals surface area contributed by atoms with Gasteiger partial charge in [0, 0.05) is 18.4 Å². The number of esters is 4. The van der Waals surface area contributed by atoms with Gasteiger partial charge in [-0.1, -0.05) is 99.6 Å². The summed E-state index contributed by atoms with van der Waals surface area (Å²) in [6, 6.07) is 20.7. The molecule has 73 heavy (non-hydrogen) atoms. The van der Waals surface area contributed by atoms with E-state index in [0.29, 0.717) is 27.8 Å². The largest absolute Gasteiger partial charge is 0.463 e. The summed E-state index contributed by atoms with van der Waals surface area (Å²) in [6.45, 7) is 2.86. The maximum Gasteiger partial charge on any atom is 0.340 e. The van der Waals surface area contributed by atoms with Gasteiger partial charge in [0.1, 0.15) is 99.2 Å². The molecule has 10 N–H and O–H groups in total. The highest BCUT2D eigenvalue weighted by Crippen LogP contribution is 2.42. The van der Waals surface area contributed by atoms with E-state index in [2.05, 4.69) is 0 Å². The lowest BCUT2D eigenvalue weighted by atomic mass is 9.73. The van der Waals surface area contributed by atoms with Crippen molar-refractivity contribution in [1.29, 1.82) is 0 Å². The zero-order chi connectivity index (χ0) is 53.4. The summed E-state index contributed by atoms with van der Waals surface area (Å²) < 4.78 is 45.8. The molecule has 22 nitrogen and oxygen atoms in total. The first-order valence-corrected chi connectivity index (χ1v) is 23.5. The van der Waals surface area contributed by atoms with Crippen molar-refractivity contribution in [2.24, 2.45) is 5.41 Å². The van der Waals surface area contributed by atoms with Crippen LogP contribution in [0.5, 0.6) is 0 Å². The van der Waals surface area contributed by atoms with Gasteiger partial charge in [0.05, 0.1) is 19.6 Å². The first-order valence-electron chi connectivity index (χ1n) is 23.5. The van der Waals surface area contributed by atoms with Crippen molar-refractivity contribution in [2.45, 2.75) is 145 Å². The first kappa shape index (κ1) is 57.0. The molecule has 3 aromatic carbocycles. The second kappa shape index (κ2) is 24.8. The highest BCUT2D eigenvalue weighted by atomic mass is 16.7. The summed E-state index contributed by atoms with van der Waals surface area (Å²) in [5.74, 6) is -4.01. The summed E-state index contributed by atoms with van der Waals surface area (Å²) >= 11 is 0. The fourth-order valence-electron chi connectivity index (χ4n) is 8.53. The summed E-state index contributed by atoms with van der Waals surface area (Å²) in [7, 11) is 0. The lowest BCUT2D eigenvalue weighted by Crippen LogP contribution is -2.65. The number of benzene rings is 3. The minimum atomic E-state index is -2.45. The molecule has 0 bridgehead atoms. The molecule has 0 amide bonds. The highest BCUT2D eigenvalue weighted by Gasteiger charge is 2.58. The molecule has 0 unspecified atom stereocenters. The molecule has 22 heteroatoms. The van der Waals surface area contributed by atoms with E-state index in [1.54, 1.807) is 30.3 Å². The predicted octanol–water partition coefficient (Wildman–Crippen LogP) is -0.670. The summed E-state index contributed by atoms with van der Waals surface area (Å²) in [4.78, 5) is 54.0. The Kier molecular flexibility index (Phi) is 19.4. The van der Waals surface area contributed by atoms with E-state index in [1.807, 2.05) is 0 Å². The third-order valence-electron chi connectivity index (χ3n) is 13.0. The third kappa shape index (κ3) is 13.5. The van der Waals surface area contributed by atoms with Gasteiger partial charge in [-0.05, 0) is 33.9 Å². The van der Waals surface area contributed by atoms with Gasteiger partial charge in [-0.25, -0.2) is 9.59 Å². The van der Waals surface area contributed by atoms with Gasteiger partial charge in [-0.3, -0.25) is 9.59 Å². The Labute approximate surface area is 419 Å². The number of aliphatic hydroxyl groups excluding tert-OH is 10. The van der Waals surface area contributed by atoms with Crippen LogP contribution in [0, 0.1) is 5.41 Å². The van der Waals surface area contributed by atoms with Crippen LogP contribution in [0.3, 0.4) is 0 Å². The van der Waals surface area contributed by atoms with Gasteiger partial charge in [0.15, 0.2) is 18.0 Å². The van der Waals surface area contributed by atoms with Crippen molar-refractivity contribution >= 4 is 30.0 Å². The zero-order valence-electron chi connectivity index (χ0n) is 40.4. The Bertz CT molecular complexity index is 2320. The molecule has 3 heterocycles. The van der Waals surface area contributed by atoms with Gasteiger partial charge >= 0.3 is 23.9 Å². The van der Waals surface area contributed by atoms with E-state index in [1.165, 1.54) is 75.4 Å². The topological polar surface area (TPSA) is 344 Å². The Morgan fingerprint density at radius 1 is 0.589 bits per heavy atom. The molecule has 6 rings (SSSR count). The Morgan fingerprint density at radius 2 is 1.10 bits per heavy atom. The van der Waals surface area contributed by atoms with Crippen molar-refractivity contribution < 1.29 is 108 Å². The van der Waals surface area contributed by atoms with Crippen LogP contribution < -0.4 is 0 Å². The van der Waals surface area contributed by atoms with Crippen LogP contribution >= 0.6 is 0 Å². The number of hydrogen-bond acceptors (Lipinski definition) is 22. The molecular formula is C51H64O22. The van der Waals surface area contributed by atoms with Crippen LogP contribution in [0.15, 0.2) is 84.9 Å². The number of ether oxygens (including phenoxy) is 8. The van der Waals surface area contributed by atoms with Crippen molar-refractivity contribution in [1.82, 2.24) is 0 Å². The number of rotatable bonds is 18. The minimum absolute atomic E-state index is 0.338. The smallest absolute Gasteiger partial charge is 0.340 e. The van der Waals surface area contributed by atoms with Crippen molar-refractivity contribution in [2.75, 3.05) is 19.8 Å². The summed E-state index contributed by atoms with van der Waals surface area (Å²) in [5, 5.41) is 105. The Balaban J connectivity index is 1.27. The van der Waals surface area contributed by atoms with Gasteiger partial charge in [0.2, 0.25) is 0 Å². The average molecular weight is 1030 g/mol. The molecule has 0 spiro atoms. The monoisotopic (exact) mass is 1030 g/mol. The maximum absolute atomic E-state index is 14.8. The maximum atomic E-state index is 14.8. The Morgan fingerprint density at radius 3 is 1.58 bits per heavy atom. The summed E-state index contributed by atoms with van der Waals surface area (Å²) in [6.07, 6.45) is -21.8. The normalized spacial score (nSPS) is 31.5. The molecule has 0 saturated carbocycles. The molecular weight excluding hydrogens is 965 g/mol. The second-order valence-electron chi connectivity index (χ2n) is 19.1. The van der Waals surface area contributed by atoms with E-state index in [9.17, 15) is 70.2 Å². The molecule has 0 aromatic heterocycles.